The average Bonchev–Trinajstić information content (AvgIpc) is 3.64. The zero-order chi connectivity index (χ0) is 25.9. The molecule has 40 heavy (non-hydrogen) atoms. The van der Waals surface area contributed by atoms with Gasteiger partial charge in [0, 0.05) is 32.3 Å². The Hall–Kier alpha value is -5.34. The van der Waals surface area contributed by atoms with Gasteiger partial charge < -0.3 is 8.82 Å². The minimum absolute atomic E-state index is 0.926. The van der Waals surface area contributed by atoms with Crippen LogP contribution in [-0.2, 0) is 0 Å². The first-order valence-electron chi connectivity index (χ1n) is 13.8. The molecule has 0 fully saturated rings. The molecule has 2 nitrogen and oxygen atoms in total. The van der Waals surface area contributed by atoms with Gasteiger partial charge in [-0.05, 0) is 81.2 Å². The van der Waals surface area contributed by atoms with Crippen molar-refractivity contribution in [1.82, 2.24) is 4.40 Å². The molecular formula is C38H21NO. The Labute approximate surface area is 228 Å². The Balaban J connectivity index is 1.44. The number of hydrogen-bond donors (Lipinski definition) is 0. The van der Waals surface area contributed by atoms with E-state index in [0.717, 1.165) is 16.6 Å². The maximum atomic E-state index is 6.27. The molecular weight excluding hydrogens is 486 g/mol. The summed E-state index contributed by atoms with van der Waals surface area (Å²) in [5.41, 5.74) is 8.08. The molecule has 0 saturated carbocycles. The van der Waals surface area contributed by atoms with Gasteiger partial charge in [0.2, 0.25) is 0 Å². The predicted octanol–water partition coefficient (Wildman–Crippen LogP) is 10.7. The van der Waals surface area contributed by atoms with Gasteiger partial charge in [-0.1, -0.05) is 78.9 Å². The first-order chi connectivity index (χ1) is 19.8. The zero-order valence-corrected chi connectivity index (χ0v) is 21.5. The summed E-state index contributed by atoms with van der Waals surface area (Å²) in [6.45, 7) is 0. The summed E-state index contributed by atoms with van der Waals surface area (Å²) in [6.07, 6.45) is 0. The van der Waals surface area contributed by atoms with Gasteiger partial charge in [0.25, 0.3) is 0 Å². The normalized spacial score (nSPS) is 12.5. The monoisotopic (exact) mass is 507 g/mol. The second kappa shape index (κ2) is 7.19. The van der Waals surface area contributed by atoms with Crippen LogP contribution in [0.25, 0.3) is 92.7 Å². The Bertz CT molecular complexity index is 2530. The maximum absolute atomic E-state index is 6.27. The molecule has 7 aromatic carbocycles. The third-order valence-electron chi connectivity index (χ3n) is 8.84. The highest BCUT2D eigenvalue weighted by atomic mass is 16.3. The molecule has 0 N–H and O–H groups in total. The van der Waals surface area contributed by atoms with Gasteiger partial charge >= 0.3 is 0 Å². The third-order valence-corrected chi connectivity index (χ3v) is 8.84. The predicted molar refractivity (Wildman–Crippen MR) is 169 cm³/mol. The Kier molecular flexibility index (Phi) is 3.70. The van der Waals surface area contributed by atoms with Gasteiger partial charge in [0.15, 0.2) is 0 Å². The summed E-state index contributed by atoms with van der Waals surface area (Å²) in [4.78, 5) is 0. The van der Waals surface area contributed by atoms with Crippen molar-refractivity contribution in [3.63, 3.8) is 0 Å². The molecule has 0 aliphatic rings. The van der Waals surface area contributed by atoms with E-state index in [2.05, 4.69) is 126 Å². The minimum atomic E-state index is 0.926. The largest absolute Gasteiger partial charge is 0.456 e. The Morgan fingerprint density at radius 3 is 1.62 bits per heavy atom. The standard InChI is InChI=1S/C38H21NO/c1-3-10-24-20-33-29(16-22(24)8-1)31-18-26(27-13-7-15-36-37(27)28-12-5-6-14-35(28)40-36)19-32-30-17-23-9-2-4-11-25(23)21-34(30)39(33)38(31)32/h1-21H. The van der Waals surface area contributed by atoms with Crippen LogP contribution in [0.4, 0.5) is 0 Å². The maximum Gasteiger partial charge on any atom is 0.136 e. The van der Waals surface area contributed by atoms with E-state index < -0.39 is 0 Å². The molecule has 0 aliphatic heterocycles. The number of nitrogens with zero attached hydrogens (tertiary/aromatic N) is 1. The second-order valence-corrected chi connectivity index (χ2v) is 11.0. The molecule has 0 saturated heterocycles. The van der Waals surface area contributed by atoms with Crippen molar-refractivity contribution < 1.29 is 4.42 Å². The Morgan fingerprint density at radius 1 is 0.425 bits per heavy atom. The molecule has 0 unspecified atom stereocenters. The molecule has 2 heteroatoms. The SMILES string of the molecule is c1ccc2cc3c(cc2c1)c1cc(-c2cccc4oc5ccccc5c24)cc2c4cc5ccccc5cc4n3c12. The number of hydrogen-bond acceptors (Lipinski definition) is 1. The van der Waals surface area contributed by atoms with Crippen LogP contribution >= 0.6 is 0 Å². The first-order valence-corrected chi connectivity index (χ1v) is 13.8. The van der Waals surface area contributed by atoms with Crippen molar-refractivity contribution in [3.05, 3.63) is 127 Å². The molecule has 3 aromatic heterocycles. The molecule has 10 rings (SSSR count). The van der Waals surface area contributed by atoms with E-state index in [0.29, 0.717) is 0 Å². The number of fused-ring (bicyclic) bond motifs is 11. The molecule has 184 valence electrons. The van der Waals surface area contributed by atoms with Crippen molar-refractivity contribution in [1.29, 1.82) is 0 Å². The highest BCUT2D eigenvalue weighted by Gasteiger charge is 2.21. The number of aromatic nitrogens is 1. The van der Waals surface area contributed by atoms with Crippen molar-refractivity contribution in [2.45, 2.75) is 0 Å². The lowest BCUT2D eigenvalue weighted by molar-refractivity contribution is 0.669. The lowest BCUT2D eigenvalue weighted by Crippen LogP contribution is -1.82. The molecule has 3 heterocycles. The molecule has 0 spiro atoms. The van der Waals surface area contributed by atoms with Crippen LogP contribution in [0.5, 0.6) is 0 Å². The highest BCUT2D eigenvalue weighted by Crippen LogP contribution is 2.45. The molecule has 0 amide bonds. The van der Waals surface area contributed by atoms with Crippen LogP contribution in [0, 0.1) is 0 Å². The lowest BCUT2D eigenvalue weighted by atomic mass is 9.95. The quantitative estimate of drug-likeness (QED) is 0.216. The second-order valence-electron chi connectivity index (χ2n) is 11.0. The van der Waals surface area contributed by atoms with E-state index in [4.69, 9.17) is 4.42 Å². The smallest absolute Gasteiger partial charge is 0.136 e. The van der Waals surface area contributed by atoms with E-state index in [9.17, 15) is 0 Å². The minimum Gasteiger partial charge on any atom is -0.456 e. The van der Waals surface area contributed by atoms with Crippen molar-refractivity contribution in [2.24, 2.45) is 0 Å². The first kappa shape index (κ1) is 20.6. The summed E-state index contributed by atoms with van der Waals surface area (Å²) in [5.74, 6) is 0. The molecule has 0 aliphatic carbocycles. The average molecular weight is 508 g/mol. The highest BCUT2D eigenvalue weighted by molar-refractivity contribution is 6.27. The molecule has 10 aromatic rings. The van der Waals surface area contributed by atoms with Crippen LogP contribution in [0.1, 0.15) is 0 Å². The van der Waals surface area contributed by atoms with Crippen LogP contribution in [0.15, 0.2) is 132 Å². The molecule has 0 radical (unpaired) electrons. The fourth-order valence-corrected chi connectivity index (χ4v) is 7.09. The van der Waals surface area contributed by atoms with Crippen molar-refractivity contribution >= 4 is 81.6 Å². The van der Waals surface area contributed by atoms with E-state index in [1.165, 1.54) is 76.2 Å². The van der Waals surface area contributed by atoms with Crippen molar-refractivity contribution in [3.8, 4) is 11.1 Å². The topological polar surface area (TPSA) is 17.6 Å². The number of para-hydroxylation sites is 1. The summed E-state index contributed by atoms with van der Waals surface area (Å²) in [7, 11) is 0. The Morgan fingerprint density at radius 2 is 0.975 bits per heavy atom. The van der Waals surface area contributed by atoms with Gasteiger partial charge in [-0.25, -0.2) is 0 Å². The number of rotatable bonds is 1. The summed E-state index contributed by atoms with van der Waals surface area (Å²) in [6, 6.07) is 46.4. The van der Waals surface area contributed by atoms with Gasteiger partial charge in [-0.3, -0.25) is 0 Å². The van der Waals surface area contributed by atoms with Crippen LogP contribution in [0.2, 0.25) is 0 Å². The molecule has 0 bridgehead atoms. The number of benzene rings is 7. The lowest BCUT2D eigenvalue weighted by Gasteiger charge is -2.07. The van der Waals surface area contributed by atoms with Crippen LogP contribution in [0.3, 0.4) is 0 Å². The van der Waals surface area contributed by atoms with Gasteiger partial charge in [-0.2, -0.15) is 0 Å². The molecule has 0 atom stereocenters. The van der Waals surface area contributed by atoms with Crippen LogP contribution in [-0.4, -0.2) is 4.40 Å². The third kappa shape index (κ3) is 2.53. The summed E-state index contributed by atoms with van der Waals surface area (Å²) >= 11 is 0. The van der Waals surface area contributed by atoms with E-state index in [-0.39, 0.29) is 0 Å². The van der Waals surface area contributed by atoms with E-state index in [1.807, 2.05) is 6.07 Å². The fourth-order valence-electron chi connectivity index (χ4n) is 7.09. The van der Waals surface area contributed by atoms with Gasteiger partial charge in [-0.15, -0.1) is 0 Å². The van der Waals surface area contributed by atoms with E-state index >= 15 is 0 Å². The summed E-state index contributed by atoms with van der Waals surface area (Å²) in [5, 5.41) is 12.6. The fraction of sp³-hybridized carbons (Fsp3) is 0. The van der Waals surface area contributed by atoms with E-state index in [1.54, 1.807) is 0 Å². The zero-order valence-electron chi connectivity index (χ0n) is 21.5. The van der Waals surface area contributed by atoms with Crippen LogP contribution < -0.4 is 0 Å². The van der Waals surface area contributed by atoms with Gasteiger partial charge in [0.05, 0.1) is 16.6 Å². The number of furan rings is 1. The van der Waals surface area contributed by atoms with Crippen molar-refractivity contribution in [2.75, 3.05) is 0 Å². The van der Waals surface area contributed by atoms with Gasteiger partial charge in [0.1, 0.15) is 11.2 Å². The summed E-state index contributed by atoms with van der Waals surface area (Å²) < 4.78 is 8.76.